The third-order valence-corrected chi connectivity index (χ3v) is 9.41. The van der Waals surface area contributed by atoms with E-state index in [1.807, 2.05) is 30.0 Å². The number of H-pyrrole nitrogens is 1. The van der Waals surface area contributed by atoms with Crippen molar-refractivity contribution in [1.29, 1.82) is 0 Å². The van der Waals surface area contributed by atoms with Crippen molar-refractivity contribution >= 4 is 28.6 Å². The van der Waals surface area contributed by atoms with Gasteiger partial charge in [-0.3, -0.25) is 9.89 Å². The third kappa shape index (κ3) is 6.01. The van der Waals surface area contributed by atoms with E-state index in [1.54, 1.807) is 31.3 Å². The number of nitrogen functional groups attached to an aromatic ring is 1. The molecule has 2 aliphatic rings. The van der Waals surface area contributed by atoms with E-state index in [0.29, 0.717) is 56.0 Å². The zero-order valence-corrected chi connectivity index (χ0v) is 26.3. The molecule has 0 bridgehead atoms. The van der Waals surface area contributed by atoms with Gasteiger partial charge >= 0.3 is 12.1 Å². The van der Waals surface area contributed by atoms with Crippen LogP contribution in [0.2, 0.25) is 0 Å². The Morgan fingerprint density at radius 3 is 2.52 bits per heavy atom. The predicted octanol–water partition coefficient (Wildman–Crippen LogP) is 5.12. The van der Waals surface area contributed by atoms with Gasteiger partial charge in [-0.05, 0) is 67.9 Å². The van der Waals surface area contributed by atoms with Crippen molar-refractivity contribution in [2.24, 2.45) is 5.41 Å². The van der Waals surface area contributed by atoms with Gasteiger partial charge in [0.05, 0.1) is 16.9 Å². The molecule has 0 aliphatic carbocycles. The van der Waals surface area contributed by atoms with Crippen molar-refractivity contribution < 1.29 is 27.8 Å². The van der Waals surface area contributed by atoms with E-state index in [1.165, 1.54) is 16.8 Å². The summed E-state index contributed by atoms with van der Waals surface area (Å²) in [5.74, 6) is -1.07. The molecule has 3 aromatic heterocycles. The van der Waals surface area contributed by atoms with Gasteiger partial charge in [0.25, 0.3) is 0 Å². The highest BCUT2D eigenvalue weighted by Gasteiger charge is 2.46. The number of carboxylic acids is 1. The Hall–Kier alpha value is -5.18. The van der Waals surface area contributed by atoms with Gasteiger partial charge in [0, 0.05) is 48.5 Å². The smallest absolute Gasteiger partial charge is 0.429 e. The van der Waals surface area contributed by atoms with E-state index in [0.717, 1.165) is 22.2 Å². The summed E-state index contributed by atoms with van der Waals surface area (Å²) in [4.78, 5) is 21.7. The Morgan fingerprint density at radius 2 is 1.83 bits per heavy atom. The lowest BCUT2D eigenvalue weighted by Gasteiger charge is -2.39. The number of aromatic amines is 1. The Bertz CT molecular complexity index is 2000. The van der Waals surface area contributed by atoms with Gasteiger partial charge in [-0.2, -0.15) is 33.3 Å². The molecule has 48 heavy (non-hydrogen) atoms. The largest absolute Gasteiger partial charge is 0.480 e. The summed E-state index contributed by atoms with van der Waals surface area (Å²) in [6.45, 7) is 5.33. The maximum absolute atomic E-state index is 14.9. The van der Waals surface area contributed by atoms with Crippen molar-refractivity contribution in [3.63, 3.8) is 0 Å². The van der Waals surface area contributed by atoms with Gasteiger partial charge in [-0.15, -0.1) is 0 Å². The molecule has 250 valence electrons. The average molecular weight is 662 g/mol. The summed E-state index contributed by atoms with van der Waals surface area (Å²) in [6, 6.07) is 12.9. The predicted molar refractivity (Wildman–Crippen MR) is 172 cm³/mol. The van der Waals surface area contributed by atoms with Crippen LogP contribution in [0.3, 0.4) is 0 Å². The first-order valence-electron chi connectivity index (χ1n) is 15.6. The van der Waals surface area contributed by atoms with Crippen LogP contribution in [0.1, 0.15) is 42.3 Å². The number of carbonyl (C=O) groups is 1. The number of aromatic nitrogens is 6. The second-order valence-electron chi connectivity index (χ2n) is 12.7. The number of benzene rings is 2. The molecule has 2 atom stereocenters. The van der Waals surface area contributed by atoms with E-state index >= 15 is 0 Å². The van der Waals surface area contributed by atoms with E-state index in [2.05, 4.69) is 30.6 Å². The summed E-state index contributed by atoms with van der Waals surface area (Å²) >= 11 is 0. The number of fused-ring (bicyclic) bond motifs is 1. The lowest BCUT2D eigenvalue weighted by Crippen LogP contribution is -2.41. The number of carboxylic acid groups (broad SMARTS) is 1. The lowest BCUT2D eigenvalue weighted by molar-refractivity contribution is -0.198. The summed E-state index contributed by atoms with van der Waals surface area (Å²) in [7, 11) is 0. The SMILES string of the molecule is Cc1ccn(-c2cc(-c3ccc4c(C)[nH]nc4c3)ccc2[C@@H](Oc2cc(N3CCC4(CC3)CN[C@H](C(=O)O)C4)nc(N)n2)C(F)(F)F)n1. The van der Waals surface area contributed by atoms with E-state index < -0.39 is 24.3 Å². The van der Waals surface area contributed by atoms with Crippen LogP contribution >= 0.6 is 0 Å². The van der Waals surface area contributed by atoms with E-state index in [-0.39, 0.29) is 28.5 Å². The highest BCUT2D eigenvalue weighted by atomic mass is 19.4. The molecule has 0 amide bonds. The Morgan fingerprint density at radius 1 is 1.08 bits per heavy atom. The minimum Gasteiger partial charge on any atom is -0.480 e. The molecule has 5 aromatic rings. The summed E-state index contributed by atoms with van der Waals surface area (Å²) in [5.41, 5.74) is 9.62. The van der Waals surface area contributed by atoms with Crippen molar-refractivity contribution in [3.05, 3.63) is 71.7 Å². The van der Waals surface area contributed by atoms with Gasteiger partial charge in [-0.25, -0.2) is 4.68 Å². The third-order valence-electron chi connectivity index (χ3n) is 9.41. The van der Waals surface area contributed by atoms with Gasteiger partial charge in [0.1, 0.15) is 11.9 Å². The molecule has 2 saturated heterocycles. The number of alkyl halides is 3. The van der Waals surface area contributed by atoms with Gasteiger partial charge in [-0.1, -0.05) is 24.3 Å². The number of hydrogen-bond acceptors (Lipinski definition) is 9. The van der Waals surface area contributed by atoms with Crippen LogP contribution in [0.5, 0.6) is 5.88 Å². The molecule has 0 unspecified atom stereocenters. The number of nitrogens with zero attached hydrogens (tertiary/aromatic N) is 6. The number of nitrogens with one attached hydrogen (secondary N) is 2. The van der Waals surface area contributed by atoms with Crippen molar-refractivity contribution in [2.45, 2.75) is 51.4 Å². The van der Waals surface area contributed by atoms with Crippen molar-refractivity contribution in [2.75, 3.05) is 30.3 Å². The van der Waals surface area contributed by atoms with Crippen LogP contribution in [-0.4, -0.2) is 72.9 Å². The van der Waals surface area contributed by atoms with Gasteiger partial charge < -0.3 is 25.8 Å². The molecule has 7 rings (SSSR count). The first-order chi connectivity index (χ1) is 22.9. The van der Waals surface area contributed by atoms with Crippen LogP contribution in [0.15, 0.2) is 54.7 Å². The number of ether oxygens (including phenoxy) is 1. The molecule has 0 radical (unpaired) electrons. The first kappa shape index (κ1) is 31.4. The number of rotatable bonds is 7. The zero-order valence-electron chi connectivity index (χ0n) is 26.3. The second kappa shape index (κ2) is 11.8. The molecule has 0 saturated carbocycles. The highest BCUT2D eigenvalue weighted by molar-refractivity contribution is 5.86. The number of aryl methyl sites for hydroxylation is 2. The number of nitrogens with two attached hydrogens (primary N) is 1. The fourth-order valence-corrected chi connectivity index (χ4v) is 6.78. The average Bonchev–Trinajstić information content (AvgIpc) is 3.78. The summed E-state index contributed by atoms with van der Waals surface area (Å²) < 4.78 is 51.8. The van der Waals surface area contributed by atoms with Crippen molar-refractivity contribution in [3.8, 4) is 22.7 Å². The number of halogens is 3. The molecule has 2 aromatic carbocycles. The van der Waals surface area contributed by atoms with Crippen LogP contribution in [-0.2, 0) is 4.79 Å². The van der Waals surface area contributed by atoms with Crippen LogP contribution in [0.4, 0.5) is 24.9 Å². The molecular formula is C33H34F3N9O3. The molecule has 12 nitrogen and oxygen atoms in total. The zero-order chi connectivity index (χ0) is 33.8. The van der Waals surface area contributed by atoms with Crippen LogP contribution < -0.4 is 20.7 Å². The number of piperidine rings is 1. The quantitative estimate of drug-likeness (QED) is 0.184. The van der Waals surface area contributed by atoms with E-state index in [4.69, 9.17) is 10.5 Å². The maximum atomic E-state index is 14.9. The van der Waals surface area contributed by atoms with Crippen molar-refractivity contribution in [1.82, 2.24) is 35.3 Å². The Labute approximate surface area is 273 Å². The topological polar surface area (TPSA) is 160 Å². The lowest BCUT2D eigenvalue weighted by atomic mass is 9.76. The maximum Gasteiger partial charge on any atom is 0.429 e. The Balaban J connectivity index is 1.20. The Kier molecular flexibility index (Phi) is 7.73. The molecule has 5 N–H and O–H groups in total. The van der Waals surface area contributed by atoms with Crippen LogP contribution in [0, 0.1) is 19.3 Å². The summed E-state index contributed by atoms with van der Waals surface area (Å²) in [5, 5.41) is 25.1. The van der Waals surface area contributed by atoms with Crippen LogP contribution in [0.25, 0.3) is 27.7 Å². The van der Waals surface area contributed by atoms with E-state index in [9.17, 15) is 23.1 Å². The summed E-state index contributed by atoms with van der Waals surface area (Å²) in [6.07, 6.45) is -3.72. The minimum atomic E-state index is -4.84. The normalized spacial score (nSPS) is 18.4. The first-order valence-corrected chi connectivity index (χ1v) is 15.6. The highest BCUT2D eigenvalue weighted by Crippen LogP contribution is 2.43. The van der Waals surface area contributed by atoms with Gasteiger partial charge in [0.15, 0.2) is 0 Å². The van der Waals surface area contributed by atoms with Gasteiger partial charge in [0.2, 0.25) is 17.9 Å². The fourth-order valence-electron chi connectivity index (χ4n) is 6.78. The fraction of sp³-hybridized carbons (Fsp3) is 0.364. The molecule has 1 spiro atoms. The molecule has 2 fully saturated rings. The molecule has 5 heterocycles. The second-order valence-corrected chi connectivity index (χ2v) is 12.7. The number of anilines is 2. The number of aliphatic carboxylic acids is 1. The molecule has 15 heteroatoms. The minimum absolute atomic E-state index is 0.158. The molecular weight excluding hydrogens is 627 g/mol. The standard InChI is InChI=1S/C33H34F3N9O3/c1-18-7-10-45(43-18)26-14-21(20-3-5-22-19(2)41-42-24(22)13-20)4-6-23(26)29(33(34,35)36)48-28-15-27(39-31(37)40-28)44-11-8-32(9-12-44)16-25(30(46)47)38-17-32/h3-7,10,13-15,25,29,38H,8-9,11-12,16-17H2,1-2H3,(H,41,42)(H,46,47)(H2,37,39,40)/t25-,29+/m0/s1. The number of hydrogen-bond donors (Lipinski definition) is 4. The monoisotopic (exact) mass is 661 g/mol. The molecule has 2 aliphatic heterocycles.